The van der Waals surface area contributed by atoms with Gasteiger partial charge in [0.15, 0.2) is 9.84 Å². The van der Waals surface area contributed by atoms with Crippen LogP contribution in [0.1, 0.15) is 29.8 Å². The molecular weight excluding hydrogens is 452 g/mol. The highest BCUT2D eigenvalue weighted by Crippen LogP contribution is 2.26. The quantitative estimate of drug-likeness (QED) is 0.630. The van der Waals surface area contributed by atoms with E-state index in [0.717, 1.165) is 6.26 Å². The lowest BCUT2D eigenvalue weighted by Crippen LogP contribution is -2.41. The van der Waals surface area contributed by atoms with Crippen LogP contribution in [0, 0.1) is 6.92 Å². The number of ether oxygens (including phenoxy) is 1. The van der Waals surface area contributed by atoms with Crippen molar-refractivity contribution >= 4 is 31.5 Å². The number of hydrogen-bond acceptors (Lipinski definition) is 6. The number of rotatable bonds is 6. The Labute approximate surface area is 189 Å². The van der Waals surface area contributed by atoms with Crippen LogP contribution in [0.4, 0.5) is 5.69 Å². The van der Waals surface area contributed by atoms with Gasteiger partial charge in [-0.25, -0.2) is 16.8 Å². The molecule has 0 radical (unpaired) electrons. The zero-order valence-corrected chi connectivity index (χ0v) is 20.2. The summed E-state index contributed by atoms with van der Waals surface area (Å²) in [6.45, 7) is 6.58. The van der Waals surface area contributed by atoms with Crippen molar-refractivity contribution in [1.82, 2.24) is 4.31 Å². The number of benzene rings is 2. The van der Waals surface area contributed by atoms with Gasteiger partial charge in [0.1, 0.15) is 0 Å². The summed E-state index contributed by atoms with van der Waals surface area (Å²) in [6.07, 6.45) is 1.12. The summed E-state index contributed by atoms with van der Waals surface area (Å²) in [4.78, 5) is 15.2. The second kappa shape index (κ2) is 9.30. The highest BCUT2D eigenvalue weighted by molar-refractivity contribution is 7.90. The Kier molecular flexibility index (Phi) is 7.09. The predicted octanol–water partition coefficient (Wildman–Crippen LogP) is 2.47. The van der Waals surface area contributed by atoms with Crippen molar-refractivity contribution in [3.8, 4) is 0 Å². The molecule has 0 saturated carbocycles. The summed E-state index contributed by atoms with van der Waals surface area (Å²) in [5, 5.41) is 0. The molecule has 32 heavy (non-hydrogen) atoms. The van der Waals surface area contributed by atoms with Crippen molar-refractivity contribution in [3.63, 3.8) is 0 Å². The molecule has 1 amide bonds. The number of amides is 1. The van der Waals surface area contributed by atoms with Gasteiger partial charge in [0.2, 0.25) is 10.0 Å². The predicted molar refractivity (Wildman–Crippen MR) is 122 cm³/mol. The number of nitrogens with zero attached hydrogens (tertiary/aromatic N) is 2. The van der Waals surface area contributed by atoms with Gasteiger partial charge >= 0.3 is 0 Å². The molecule has 0 aromatic heterocycles. The number of anilines is 1. The van der Waals surface area contributed by atoms with Gasteiger partial charge in [-0.15, -0.1) is 0 Å². The van der Waals surface area contributed by atoms with Crippen LogP contribution >= 0.6 is 0 Å². The van der Waals surface area contributed by atoms with Crippen molar-refractivity contribution in [3.05, 3.63) is 53.6 Å². The molecule has 1 aliphatic heterocycles. The topological polar surface area (TPSA) is 101 Å². The minimum atomic E-state index is -3.77. The lowest BCUT2D eigenvalue weighted by Gasteiger charge is -2.28. The van der Waals surface area contributed by atoms with Crippen LogP contribution in [0.25, 0.3) is 0 Å². The minimum absolute atomic E-state index is 0.0985. The Bertz CT molecular complexity index is 1200. The molecule has 0 spiro atoms. The maximum Gasteiger partial charge on any atom is 0.258 e. The van der Waals surface area contributed by atoms with Gasteiger partial charge in [-0.3, -0.25) is 4.79 Å². The minimum Gasteiger partial charge on any atom is -0.379 e. The van der Waals surface area contributed by atoms with Crippen LogP contribution < -0.4 is 4.90 Å². The average molecular weight is 481 g/mol. The highest BCUT2D eigenvalue weighted by Gasteiger charge is 2.29. The average Bonchev–Trinajstić information content (AvgIpc) is 2.74. The van der Waals surface area contributed by atoms with Crippen molar-refractivity contribution in [2.75, 3.05) is 37.5 Å². The van der Waals surface area contributed by atoms with Gasteiger partial charge in [-0.1, -0.05) is 6.07 Å². The monoisotopic (exact) mass is 480 g/mol. The summed E-state index contributed by atoms with van der Waals surface area (Å²) < 4.78 is 56.5. The van der Waals surface area contributed by atoms with Crippen molar-refractivity contribution < 1.29 is 26.4 Å². The standard InChI is InChI=1S/C22H28N2O6S2/c1-16(2)24(19-7-9-20(10-8-19)31(4,26)27)22(25)18-6-5-17(3)21(15-18)32(28,29)23-11-13-30-14-12-23/h5-10,15-16H,11-14H2,1-4H3. The molecule has 1 aliphatic rings. The normalized spacial score (nSPS) is 15.7. The van der Waals surface area contributed by atoms with E-state index < -0.39 is 19.9 Å². The van der Waals surface area contributed by atoms with Gasteiger partial charge in [-0.05, 0) is 62.7 Å². The summed E-state index contributed by atoms with van der Waals surface area (Å²) in [5.41, 5.74) is 1.32. The van der Waals surface area contributed by atoms with Crippen LogP contribution in [0.5, 0.6) is 0 Å². The van der Waals surface area contributed by atoms with E-state index >= 15 is 0 Å². The first kappa shape index (κ1) is 24.4. The second-order valence-electron chi connectivity index (χ2n) is 8.03. The molecule has 10 heteroatoms. The fraction of sp³-hybridized carbons (Fsp3) is 0.409. The number of hydrogen-bond donors (Lipinski definition) is 0. The van der Waals surface area contributed by atoms with Gasteiger partial charge in [0.25, 0.3) is 5.91 Å². The van der Waals surface area contributed by atoms with E-state index in [1.807, 2.05) is 13.8 Å². The van der Waals surface area contributed by atoms with Gasteiger partial charge in [-0.2, -0.15) is 4.31 Å². The SMILES string of the molecule is Cc1ccc(C(=O)N(c2ccc(S(C)(=O)=O)cc2)C(C)C)cc1S(=O)(=O)N1CCOCC1. The van der Waals surface area contributed by atoms with Crippen LogP contribution in [-0.2, 0) is 24.6 Å². The van der Waals surface area contributed by atoms with Crippen LogP contribution in [-0.4, -0.2) is 65.6 Å². The third-order valence-corrected chi connectivity index (χ3v) is 8.47. The Morgan fingerprint density at radius 3 is 2.12 bits per heavy atom. The van der Waals surface area contributed by atoms with Crippen LogP contribution in [0.15, 0.2) is 52.3 Å². The Morgan fingerprint density at radius 2 is 1.59 bits per heavy atom. The van der Waals surface area contributed by atoms with E-state index in [1.54, 1.807) is 31.2 Å². The fourth-order valence-electron chi connectivity index (χ4n) is 3.58. The van der Waals surface area contributed by atoms with Crippen LogP contribution in [0.3, 0.4) is 0 Å². The third-order valence-electron chi connectivity index (χ3n) is 5.30. The first-order valence-electron chi connectivity index (χ1n) is 10.2. The van der Waals surface area contributed by atoms with E-state index in [2.05, 4.69) is 0 Å². The van der Waals surface area contributed by atoms with Crippen molar-refractivity contribution in [2.45, 2.75) is 36.6 Å². The maximum absolute atomic E-state index is 13.4. The molecule has 0 bridgehead atoms. The molecular formula is C22H28N2O6S2. The van der Waals surface area contributed by atoms with E-state index in [-0.39, 0.29) is 40.4 Å². The van der Waals surface area contributed by atoms with Gasteiger partial charge < -0.3 is 9.64 Å². The zero-order valence-electron chi connectivity index (χ0n) is 18.6. The number of morpholine rings is 1. The van der Waals surface area contributed by atoms with Crippen molar-refractivity contribution in [2.24, 2.45) is 0 Å². The number of aryl methyl sites for hydroxylation is 1. The van der Waals surface area contributed by atoms with E-state index in [4.69, 9.17) is 4.74 Å². The summed E-state index contributed by atoms with van der Waals surface area (Å²) in [7, 11) is -7.12. The third kappa shape index (κ3) is 5.03. The summed E-state index contributed by atoms with van der Waals surface area (Å²) >= 11 is 0. The molecule has 2 aromatic rings. The molecule has 1 fully saturated rings. The molecule has 1 heterocycles. The first-order valence-corrected chi connectivity index (χ1v) is 13.6. The molecule has 3 rings (SSSR count). The highest BCUT2D eigenvalue weighted by atomic mass is 32.2. The first-order chi connectivity index (χ1) is 14.9. The van der Waals surface area contributed by atoms with E-state index in [1.165, 1.54) is 27.4 Å². The molecule has 174 valence electrons. The number of carbonyl (C=O) groups excluding carboxylic acids is 1. The Balaban J connectivity index is 1.99. The summed E-state index contributed by atoms with van der Waals surface area (Å²) in [6, 6.07) is 10.5. The summed E-state index contributed by atoms with van der Waals surface area (Å²) in [5.74, 6) is -0.370. The molecule has 1 saturated heterocycles. The molecule has 0 N–H and O–H groups in total. The molecule has 0 aliphatic carbocycles. The fourth-order valence-corrected chi connectivity index (χ4v) is 5.87. The number of sulfone groups is 1. The molecule has 8 nitrogen and oxygen atoms in total. The number of carbonyl (C=O) groups is 1. The van der Waals surface area contributed by atoms with Gasteiger partial charge in [0, 0.05) is 36.6 Å². The van der Waals surface area contributed by atoms with E-state index in [9.17, 15) is 21.6 Å². The maximum atomic E-state index is 13.4. The smallest absolute Gasteiger partial charge is 0.258 e. The largest absolute Gasteiger partial charge is 0.379 e. The molecule has 0 atom stereocenters. The lowest BCUT2D eigenvalue weighted by atomic mass is 10.1. The lowest BCUT2D eigenvalue weighted by molar-refractivity contribution is 0.0730. The zero-order chi connectivity index (χ0) is 23.7. The van der Waals surface area contributed by atoms with Gasteiger partial charge in [0.05, 0.1) is 23.0 Å². The van der Waals surface area contributed by atoms with E-state index in [0.29, 0.717) is 24.5 Å². The van der Waals surface area contributed by atoms with Crippen molar-refractivity contribution in [1.29, 1.82) is 0 Å². The number of sulfonamides is 1. The van der Waals surface area contributed by atoms with Crippen LogP contribution in [0.2, 0.25) is 0 Å². The Hall–Kier alpha value is -2.27. The molecule has 2 aromatic carbocycles. The molecule has 0 unspecified atom stereocenters. The Morgan fingerprint density at radius 1 is 1.00 bits per heavy atom. The second-order valence-corrected chi connectivity index (χ2v) is 12.0.